The van der Waals surface area contributed by atoms with Gasteiger partial charge in [0.15, 0.2) is 0 Å². The predicted molar refractivity (Wildman–Crippen MR) is 79.5 cm³/mol. The predicted octanol–water partition coefficient (Wildman–Crippen LogP) is 2.90. The Labute approximate surface area is 123 Å². The highest BCUT2D eigenvalue weighted by atomic mass is 16.7. The molecular formula is C16H30O4. The van der Waals surface area contributed by atoms with Gasteiger partial charge < -0.3 is 19.3 Å². The first kappa shape index (κ1) is 17.6. The first-order chi connectivity index (χ1) is 9.45. The van der Waals surface area contributed by atoms with E-state index in [-0.39, 0.29) is 36.6 Å². The number of hydrogen-bond donors (Lipinski definition) is 1. The Morgan fingerprint density at radius 3 is 2.75 bits per heavy atom. The molecule has 1 heterocycles. The molecule has 0 amide bonds. The lowest BCUT2D eigenvalue weighted by Crippen LogP contribution is -2.52. The van der Waals surface area contributed by atoms with Crippen molar-refractivity contribution in [2.45, 2.75) is 70.9 Å². The molecule has 0 bridgehead atoms. The number of rotatable bonds is 8. The summed E-state index contributed by atoms with van der Waals surface area (Å²) in [4.78, 5) is 0. The molecule has 0 saturated carbocycles. The second-order valence-electron chi connectivity index (χ2n) is 6.19. The van der Waals surface area contributed by atoms with Crippen LogP contribution in [0.1, 0.15) is 46.5 Å². The largest absolute Gasteiger partial charge is 0.393 e. The topological polar surface area (TPSA) is 47.9 Å². The van der Waals surface area contributed by atoms with Gasteiger partial charge in [-0.25, -0.2) is 0 Å². The molecule has 118 valence electrons. The van der Waals surface area contributed by atoms with E-state index in [1.807, 2.05) is 13.0 Å². The smallest absolute Gasteiger partial charge is 0.146 e. The van der Waals surface area contributed by atoms with Crippen LogP contribution >= 0.6 is 0 Å². The van der Waals surface area contributed by atoms with Crippen LogP contribution in [0.2, 0.25) is 0 Å². The molecule has 1 saturated heterocycles. The molecule has 0 aromatic heterocycles. The van der Waals surface area contributed by atoms with E-state index in [1.165, 1.54) is 0 Å². The molecule has 20 heavy (non-hydrogen) atoms. The van der Waals surface area contributed by atoms with Gasteiger partial charge in [0, 0.05) is 18.9 Å². The lowest BCUT2D eigenvalue weighted by Gasteiger charge is -2.47. The minimum absolute atomic E-state index is 0.0322. The minimum Gasteiger partial charge on any atom is -0.393 e. The van der Waals surface area contributed by atoms with Gasteiger partial charge in [0.2, 0.25) is 0 Å². The van der Waals surface area contributed by atoms with Gasteiger partial charge in [0.1, 0.15) is 6.79 Å². The van der Waals surface area contributed by atoms with Crippen molar-refractivity contribution < 1.29 is 19.3 Å². The van der Waals surface area contributed by atoms with Crippen molar-refractivity contribution in [3.8, 4) is 0 Å². The fourth-order valence-corrected chi connectivity index (χ4v) is 2.78. The Morgan fingerprint density at radius 2 is 2.20 bits per heavy atom. The highest BCUT2D eigenvalue weighted by molar-refractivity contribution is 4.96. The van der Waals surface area contributed by atoms with Crippen molar-refractivity contribution in [1.29, 1.82) is 0 Å². The van der Waals surface area contributed by atoms with Gasteiger partial charge in [-0.3, -0.25) is 0 Å². The zero-order chi connectivity index (χ0) is 15.2. The summed E-state index contributed by atoms with van der Waals surface area (Å²) in [5.41, 5.74) is -0.0968. The maximum atomic E-state index is 9.85. The Morgan fingerprint density at radius 1 is 1.50 bits per heavy atom. The average Bonchev–Trinajstić information content (AvgIpc) is 2.40. The third-order valence-electron chi connectivity index (χ3n) is 4.27. The lowest BCUT2D eigenvalue weighted by molar-refractivity contribution is -0.214. The maximum Gasteiger partial charge on any atom is 0.146 e. The van der Waals surface area contributed by atoms with E-state index in [0.29, 0.717) is 6.42 Å². The summed E-state index contributed by atoms with van der Waals surface area (Å²) in [5.74, 6) is 0. The van der Waals surface area contributed by atoms with Gasteiger partial charge in [-0.05, 0) is 19.3 Å². The van der Waals surface area contributed by atoms with Gasteiger partial charge in [0.25, 0.3) is 0 Å². The molecule has 0 aromatic carbocycles. The van der Waals surface area contributed by atoms with Crippen molar-refractivity contribution in [1.82, 2.24) is 0 Å². The summed E-state index contributed by atoms with van der Waals surface area (Å²) in [6.07, 6.45) is 4.72. The lowest BCUT2D eigenvalue weighted by atomic mass is 9.74. The fourth-order valence-electron chi connectivity index (χ4n) is 2.78. The molecule has 1 N–H and O–H groups in total. The van der Waals surface area contributed by atoms with Gasteiger partial charge >= 0.3 is 0 Å². The second-order valence-corrected chi connectivity index (χ2v) is 6.19. The highest BCUT2D eigenvalue weighted by Crippen LogP contribution is 2.41. The van der Waals surface area contributed by atoms with Crippen molar-refractivity contribution in [2.24, 2.45) is 5.41 Å². The third-order valence-corrected chi connectivity index (χ3v) is 4.27. The fraction of sp³-hybridized carbons (Fsp3) is 0.875. The Kier molecular flexibility index (Phi) is 7.17. The summed E-state index contributed by atoms with van der Waals surface area (Å²) < 4.78 is 17.1. The Hall–Kier alpha value is -0.420. The summed E-state index contributed by atoms with van der Waals surface area (Å²) in [7, 11) is 1.63. The van der Waals surface area contributed by atoms with Gasteiger partial charge in [0.05, 0.1) is 24.4 Å². The zero-order valence-electron chi connectivity index (χ0n) is 13.3. The number of ether oxygens (including phenoxy) is 3. The normalized spacial score (nSPS) is 30.9. The van der Waals surface area contributed by atoms with Crippen molar-refractivity contribution >= 4 is 0 Å². The molecule has 0 aromatic rings. The first-order valence-corrected chi connectivity index (χ1v) is 7.50. The van der Waals surface area contributed by atoms with Crippen molar-refractivity contribution in [3.63, 3.8) is 0 Å². The molecule has 1 aliphatic rings. The molecule has 0 radical (unpaired) electrons. The molecule has 4 nitrogen and oxygen atoms in total. The van der Waals surface area contributed by atoms with Crippen molar-refractivity contribution in [2.75, 3.05) is 13.9 Å². The minimum atomic E-state index is -0.311. The van der Waals surface area contributed by atoms with Crippen LogP contribution in [0.5, 0.6) is 0 Å². The average molecular weight is 286 g/mol. The summed E-state index contributed by atoms with van der Waals surface area (Å²) in [6.45, 7) is 10.4. The van der Waals surface area contributed by atoms with E-state index in [0.717, 1.165) is 19.3 Å². The van der Waals surface area contributed by atoms with Crippen LogP contribution in [-0.4, -0.2) is 43.4 Å². The molecule has 1 fully saturated rings. The van der Waals surface area contributed by atoms with Gasteiger partial charge in [-0.1, -0.05) is 26.8 Å². The third kappa shape index (κ3) is 4.55. The van der Waals surface area contributed by atoms with Crippen molar-refractivity contribution in [3.05, 3.63) is 12.7 Å². The maximum absolute atomic E-state index is 9.85. The number of hydrogen-bond acceptors (Lipinski definition) is 4. The molecule has 4 atom stereocenters. The summed E-state index contributed by atoms with van der Waals surface area (Å²) in [6, 6.07) is 0. The van der Waals surface area contributed by atoms with Crippen LogP contribution in [0, 0.1) is 5.41 Å². The number of aliphatic hydroxyl groups is 1. The summed E-state index contributed by atoms with van der Waals surface area (Å²) in [5, 5.41) is 9.85. The first-order valence-electron chi connectivity index (χ1n) is 7.50. The monoisotopic (exact) mass is 286 g/mol. The zero-order valence-corrected chi connectivity index (χ0v) is 13.3. The van der Waals surface area contributed by atoms with E-state index >= 15 is 0 Å². The molecular weight excluding hydrogens is 256 g/mol. The van der Waals surface area contributed by atoms with Gasteiger partial charge in [-0.2, -0.15) is 0 Å². The van der Waals surface area contributed by atoms with Crippen LogP contribution in [-0.2, 0) is 14.2 Å². The Bertz CT molecular complexity index is 290. The molecule has 1 aliphatic heterocycles. The number of aliphatic hydroxyl groups excluding tert-OH is 1. The Balaban J connectivity index is 2.76. The second kappa shape index (κ2) is 8.13. The highest BCUT2D eigenvalue weighted by Gasteiger charge is 2.45. The van der Waals surface area contributed by atoms with Crippen LogP contribution in [0.25, 0.3) is 0 Å². The van der Waals surface area contributed by atoms with Crippen LogP contribution in [0.15, 0.2) is 12.7 Å². The molecule has 0 aliphatic carbocycles. The molecule has 0 spiro atoms. The van der Waals surface area contributed by atoms with Crippen LogP contribution < -0.4 is 0 Å². The molecule has 1 rings (SSSR count). The van der Waals surface area contributed by atoms with Gasteiger partial charge in [-0.15, -0.1) is 6.58 Å². The standard InChI is InChI=1S/C16H30O4/c1-6-8-14-16(3,4)15(19-11-18-5)10-13(20-14)9-12(17)7-2/h6,12-15,17H,1,7-11H2,2-5H3/t12-,13-,14+,15+/m1/s1. The van der Waals surface area contributed by atoms with E-state index in [4.69, 9.17) is 14.2 Å². The van der Waals surface area contributed by atoms with Crippen LogP contribution in [0.4, 0.5) is 0 Å². The van der Waals surface area contributed by atoms with Crippen LogP contribution in [0.3, 0.4) is 0 Å². The number of methoxy groups -OCH3 is 1. The molecule has 0 unspecified atom stereocenters. The van der Waals surface area contributed by atoms with E-state index in [2.05, 4.69) is 20.4 Å². The van der Waals surface area contributed by atoms with E-state index < -0.39 is 0 Å². The SMILES string of the molecule is C=CC[C@@H]1O[C@H](C[C@H](O)CC)C[C@H](OCOC)C1(C)C. The molecule has 4 heteroatoms. The quantitative estimate of drug-likeness (QED) is 0.550. The van der Waals surface area contributed by atoms with E-state index in [9.17, 15) is 5.11 Å². The van der Waals surface area contributed by atoms with E-state index in [1.54, 1.807) is 7.11 Å². The summed E-state index contributed by atoms with van der Waals surface area (Å²) >= 11 is 0.